The lowest BCUT2D eigenvalue weighted by Gasteiger charge is -2.21. The Bertz CT molecular complexity index is 1560. The number of rotatable bonds is 9. The summed E-state index contributed by atoms with van der Waals surface area (Å²) in [5.74, 6) is 0.645. The number of nitrogens with one attached hydrogen (secondary N) is 5. The average Bonchev–Trinajstić information content (AvgIpc) is 3.94. The number of benzene rings is 2. The van der Waals surface area contributed by atoms with Crippen molar-refractivity contribution in [3.05, 3.63) is 42.5 Å². The lowest BCUT2D eigenvalue weighted by atomic mass is 10.2. The van der Waals surface area contributed by atoms with Gasteiger partial charge < -0.3 is 45.5 Å². The van der Waals surface area contributed by atoms with Gasteiger partial charge in [-0.25, -0.2) is 14.6 Å². The predicted octanol–water partition coefficient (Wildman–Crippen LogP) is 5.91. The number of anilines is 2. The number of carbonyl (C=O) groups is 6. The van der Waals surface area contributed by atoms with Crippen LogP contribution in [0, 0.1) is 0 Å². The van der Waals surface area contributed by atoms with E-state index in [4.69, 9.17) is 0 Å². The maximum Gasteiger partial charge on any atom is 0.407 e. The van der Waals surface area contributed by atoms with Crippen molar-refractivity contribution in [2.24, 2.45) is 0 Å². The molecule has 1 aromatic heterocycles. The minimum atomic E-state index is -0.565. The molecule has 2 aromatic carbocycles. The number of methoxy groups -OCH3 is 2. The summed E-state index contributed by atoms with van der Waals surface area (Å²) in [4.78, 5) is 76.6. The molecule has 2 fully saturated rings. The average molecular weight is 769 g/mol. The molecule has 0 aliphatic carbocycles. The molecular formula is C39H60N8O8. The molecule has 3 aromatic rings. The first kappa shape index (κ1) is 47.4. The van der Waals surface area contributed by atoms with E-state index in [1.807, 2.05) is 38.1 Å². The van der Waals surface area contributed by atoms with Crippen LogP contribution in [0.2, 0.25) is 0 Å². The first-order valence-electron chi connectivity index (χ1n) is 18.7. The molecule has 0 saturated carbocycles. The van der Waals surface area contributed by atoms with Gasteiger partial charge in [0.1, 0.15) is 18.9 Å². The molecule has 0 bridgehead atoms. The van der Waals surface area contributed by atoms with Crippen LogP contribution in [-0.4, -0.2) is 109 Å². The van der Waals surface area contributed by atoms with Gasteiger partial charge in [0.25, 0.3) is 0 Å². The zero-order valence-corrected chi connectivity index (χ0v) is 33.5. The van der Waals surface area contributed by atoms with Crippen LogP contribution in [0.3, 0.4) is 0 Å². The molecule has 2 saturated heterocycles. The third-order valence-electron chi connectivity index (χ3n) is 7.98. The maximum absolute atomic E-state index is 11.5. The second-order valence-electron chi connectivity index (χ2n) is 12.7. The van der Waals surface area contributed by atoms with Crippen LogP contribution >= 0.6 is 0 Å². The van der Waals surface area contributed by atoms with Gasteiger partial charge in [0.05, 0.1) is 25.3 Å². The number of amides is 6. The summed E-state index contributed by atoms with van der Waals surface area (Å²) >= 11 is 0. The number of aromatic nitrogens is 2. The fraction of sp³-hybridized carbons (Fsp3) is 0.513. The Morgan fingerprint density at radius 1 is 0.745 bits per heavy atom. The molecule has 6 amide bonds. The van der Waals surface area contributed by atoms with Gasteiger partial charge in [-0.2, -0.15) is 0 Å². The van der Waals surface area contributed by atoms with E-state index in [-0.39, 0.29) is 24.9 Å². The second kappa shape index (κ2) is 27.0. The van der Waals surface area contributed by atoms with E-state index in [0.29, 0.717) is 30.6 Å². The minimum Gasteiger partial charge on any atom is -0.453 e. The summed E-state index contributed by atoms with van der Waals surface area (Å²) in [6.45, 7) is 14.2. The van der Waals surface area contributed by atoms with E-state index in [0.717, 1.165) is 66.9 Å². The SMILES string of the molecule is CCC.CCC.COC(=O)NCC(=O)N1CCCC1C.COC(=O)NCC(=O)N1CCC[C@@H]1C.O=CNc1ccc(-c2nc3ccc(NC=O)cc3[nH]2)cc1. The van der Waals surface area contributed by atoms with Crippen molar-refractivity contribution in [3.63, 3.8) is 0 Å². The van der Waals surface area contributed by atoms with Crippen molar-refractivity contribution in [2.45, 2.75) is 92.2 Å². The highest BCUT2D eigenvalue weighted by Gasteiger charge is 2.26. The van der Waals surface area contributed by atoms with Gasteiger partial charge in [0.15, 0.2) is 0 Å². The highest BCUT2D eigenvalue weighted by atomic mass is 16.5. The lowest BCUT2D eigenvalue weighted by Crippen LogP contribution is -2.41. The summed E-state index contributed by atoms with van der Waals surface area (Å²) in [6, 6.07) is 13.4. The number of fused-ring (bicyclic) bond motifs is 1. The van der Waals surface area contributed by atoms with Crippen LogP contribution in [0.4, 0.5) is 21.0 Å². The van der Waals surface area contributed by atoms with Crippen LogP contribution in [0.5, 0.6) is 0 Å². The molecular weight excluding hydrogens is 708 g/mol. The number of alkyl carbamates (subject to hydrolysis) is 2. The van der Waals surface area contributed by atoms with Crippen LogP contribution in [-0.2, 0) is 28.7 Å². The topological polar surface area (TPSA) is 204 Å². The number of hydrogen-bond acceptors (Lipinski definition) is 9. The number of imidazole rings is 1. The standard InChI is InChI=1S/C15H12N4O2.2C9H16N2O3.2C3H8/c20-8-16-11-3-1-10(2-4-11)15-18-13-6-5-12(17-9-21)7-14(13)19-15;2*1-7-4-3-5-11(7)8(12)6-10-9(13)14-2;2*1-3-2/h1-9H,(H,16,20)(H,17,21)(H,18,19);2*7H,3-6H2,1-2H3,(H,10,13);2*3H2,1-2H3/t;7-;;;/m.0.../s1. The fourth-order valence-corrected chi connectivity index (χ4v) is 5.35. The molecule has 55 heavy (non-hydrogen) atoms. The maximum atomic E-state index is 11.5. The number of hydrogen-bond donors (Lipinski definition) is 5. The van der Waals surface area contributed by atoms with Gasteiger partial charge in [-0.1, -0.05) is 40.5 Å². The van der Waals surface area contributed by atoms with Gasteiger partial charge in [-0.05, 0) is 82.0 Å². The number of aromatic amines is 1. The summed E-state index contributed by atoms with van der Waals surface area (Å²) in [7, 11) is 2.55. The molecule has 0 spiro atoms. The first-order chi connectivity index (χ1) is 26.4. The van der Waals surface area contributed by atoms with Crippen molar-refractivity contribution in [2.75, 3.05) is 51.0 Å². The molecule has 3 heterocycles. The Labute approximate surface area is 324 Å². The minimum absolute atomic E-state index is 0.0248. The molecule has 2 atom stereocenters. The summed E-state index contributed by atoms with van der Waals surface area (Å²) in [6.07, 6.45) is 6.83. The number of carbonyl (C=O) groups excluding carboxylic acids is 6. The van der Waals surface area contributed by atoms with Gasteiger partial charge in [0.2, 0.25) is 24.6 Å². The molecule has 304 valence electrons. The van der Waals surface area contributed by atoms with Crippen molar-refractivity contribution in [3.8, 4) is 11.4 Å². The number of nitrogens with zero attached hydrogens (tertiary/aromatic N) is 3. The molecule has 5 N–H and O–H groups in total. The van der Waals surface area contributed by atoms with E-state index < -0.39 is 12.2 Å². The number of H-pyrrole nitrogens is 1. The molecule has 5 rings (SSSR count). The Kier molecular flexibility index (Phi) is 23.2. The van der Waals surface area contributed by atoms with Crippen molar-refractivity contribution < 1.29 is 38.2 Å². The summed E-state index contributed by atoms with van der Waals surface area (Å²) < 4.78 is 8.74. The first-order valence-corrected chi connectivity index (χ1v) is 18.7. The quantitative estimate of drug-likeness (QED) is 0.164. The van der Waals surface area contributed by atoms with Gasteiger partial charge in [-0.15, -0.1) is 0 Å². The van der Waals surface area contributed by atoms with Crippen molar-refractivity contribution in [1.82, 2.24) is 30.4 Å². The smallest absolute Gasteiger partial charge is 0.407 e. The Hall–Kier alpha value is -5.67. The van der Waals surface area contributed by atoms with Crippen molar-refractivity contribution >= 4 is 59.2 Å². The van der Waals surface area contributed by atoms with E-state index in [1.165, 1.54) is 27.1 Å². The van der Waals surface area contributed by atoms with E-state index in [1.54, 1.807) is 28.0 Å². The lowest BCUT2D eigenvalue weighted by molar-refractivity contribution is -0.131. The Balaban J connectivity index is 0.000000395. The zero-order chi connectivity index (χ0) is 41.2. The van der Waals surface area contributed by atoms with Crippen LogP contribution in [0.15, 0.2) is 42.5 Å². The largest absolute Gasteiger partial charge is 0.453 e. The second-order valence-corrected chi connectivity index (χ2v) is 12.7. The Morgan fingerprint density at radius 2 is 1.18 bits per heavy atom. The predicted molar refractivity (Wildman–Crippen MR) is 214 cm³/mol. The Morgan fingerprint density at radius 3 is 1.58 bits per heavy atom. The van der Waals surface area contributed by atoms with Crippen LogP contribution < -0.4 is 21.3 Å². The molecule has 16 heteroatoms. The number of ether oxygens (including phenoxy) is 2. The van der Waals surface area contributed by atoms with E-state index in [2.05, 4.69) is 68.4 Å². The van der Waals surface area contributed by atoms with Crippen LogP contribution in [0.25, 0.3) is 22.4 Å². The molecule has 2 aliphatic heterocycles. The molecule has 16 nitrogen and oxygen atoms in total. The molecule has 2 aliphatic rings. The van der Waals surface area contributed by atoms with E-state index in [9.17, 15) is 28.8 Å². The zero-order valence-electron chi connectivity index (χ0n) is 33.5. The van der Waals surface area contributed by atoms with Crippen molar-refractivity contribution in [1.29, 1.82) is 0 Å². The van der Waals surface area contributed by atoms with Crippen LogP contribution in [0.1, 0.15) is 80.1 Å². The normalized spacial score (nSPS) is 15.1. The monoisotopic (exact) mass is 768 g/mol. The highest BCUT2D eigenvalue weighted by molar-refractivity contribution is 5.86. The van der Waals surface area contributed by atoms with Gasteiger partial charge in [0, 0.05) is 42.1 Å². The fourth-order valence-electron chi connectivity index (χ4n) is 5.35. The van der Waals surface area contributed by atoms with Gasteiger partial charge >= 0.3 is 12.2 Å². The molecule has 0 radical (unpaired) electrons. The van der Waals surface area contributed by atoms with E-state index >= 15 is 0 Å². The molecule has 1 unspecified atom stereocenters. The highest BCUT2D eigenvalue weighted by Crippen LogP contribution is 2.24. The number of likely N-dealkylation sites (tertiary alicyclic amines) is 2. The third kappa shape index (κ3) is 17.3. The van der Waals surface area contributed by atoms with Gasteiger partial charge in [-0.3, -0.25) is 19.2 Å². The summed E-state index contributed by atoms with van der Waals surface area (Å²) in [5, 5.41) is 9.94. The third-order valence-corrected chi connectivity index (χ3v) is 7.98. The summed E-state index contributed by atoms with van der Waals surface area (Å²) in [5.41, 5.74) is 4.00.